The van der Waals surface area contributed by atoms with Crippen molar-refractivity contribution in [3.63, 3.8) is 0 Å². The van der Waals surface area contributed by atoms with Gasteiger partial charge in [-0.25, -0.2) is 0 Å². The van der Waals surface area contributed by atoms with Gasteiger partial charge in [0.2, 0.25) is 0 Å². The Kier molecular flexibility index (Phi) is 15.4. The van der Waals surface area contributed by atoms with E-state index in [9.17, 15) is 4.79 Å². The molecule has 0 amide bonds. The Bertz CT molecular complexity index is 619. The van der Waals surface area contributed by atoms with E-state index in [-0.39, 0.29) is 5.92 Å². The summed E-state index contributed by atoms with van der Waals surface area (Å²) in [5.41, 5.74) is 0. The molecular formula is C30H52N2O2. The lowest BCUT2D eigenvalue weighted by atomic mass is 9.80. The first kappa shape index (κ1) is 28.9. The molecular weight excluding hydrogens is 420 g/mol. The molecule has 0 radical (unpaired) electrons. The number of allylic oxidation sites excluding steroid dienone is 4. The van der Waals surface area contributed by atoms with Crippen molar-refractivity contribution >= 4 is 5.78 Å². The van der Waals surface area contributed by atoms with Crippen molar-refractivity contribution in [3.8, 4) is 0 Å². The summed E-state index contributed by atoms with van der Waals surface area (Å²) in [6, 6.07) is 0.700. The maximum Gasteiger partial charge on any atom is 0.132 e. The summed E-state index contributed by atoms with van der Waals surface area (Å²) in [7, 11) is 1.85. The van der Waals surface area contributed by atoms with E-state index in [4.69, 9.17) is 15.0 Å². The number of Topliss-reactive ketones (excluding diaryl/α,β-unsaturated/α-hetero) is 1. The largest absolute Gasteiger partial charge is 0.381 e. The zero-order chi connectivity index (χ0) is 24.4. The molecule has 0 aromatic heterocycles. The van der Waals surface area contributed by atoms with Gasteiger partial charge in [0.15, 0.2) is 0 Å². The summed E-state index contributed by atoms with van der Waals surface area (Å²) in [6.45, 7) is 3.96. The van der Waals surface area contributed by atoms with Crippen molar-refractivity contribution in [2.75, 3.05) is 7.11 Å². The lowest BCUT2D eigenvalue weighted by molar-refractivity contribution is -0.121. The Morgan fingerprint density at radius 1 is 0.853 bits per heavy atom. The molecule has 2 aliphatic rings. The molecule has 4 nitrogen and oxygen atoms in total. The Morgan fingerprint density at radius 3 is 2.26 bits per heavy atom. The SMILES string of the molecule is CCC/C=C\C/C=C\CCCCCCCC1CC(OC)CCC1N=NC1CCC(C(C)=O)CC1. The second-order valence-corrected chi connectivity index (χ2v) is 10.7. The van der Waals surface area contributed by atoms with E-state index in [0.717, 1.165) is 51.4 Å². The van der Waals surface area contributed by atoms with Gasteiger partial charge in [0.1, 0.15) is 5.78 Å². The topological polar surface area (TPSA) is 51.0 Å². The van der Waals surface area contributed by atoms with Crippen LogP contribution in [0.2, 0.25) is 0 Å². The van der Waals surface area contributed by atoms with Gasteiger partial charge >= 0.3 is 0 Å². The van der Waals surface area contributed by atoms with Crippen molar-refractivity contribution in [1.82, 2.24) is 0 Å². The van der Waals surface area contributed by atoms with Crippen LogP contribution in [-0.2, 0) is 9.53 Å². The number of nitrogens with zero attached hydrogens (tertiary/aromatic N) is 2. The van der Waals surface area contributed by atoms with Crippen LogP contribution < -0.4 is 0 Å². The third-order valence-electron chi connectivity index (χ3n) is 7.88. The summed E-state index contributed by atoms with van der Waals surface area (Å²) >= 11 is 0. The molecule has 3 atom stereocenters. The summed E-state index contributed by atoms with van der Waals surface area (Å²) in [5.74, 6) is 1.22. The Labute approximate surface area is 210 Å². The van der Waals surface area contributed by atoms with Gasteiger partial charge in [-0.2, -0.15) is 10.2 Å². The van der Waals surface area contributed by atoms with Gasteiger partial charge in [-0.1, -0.05) is 63.3 Å². The van der Waals surface area contributed by atoms with Crippen LogP contribution in [0, 0.1) is 11.8 Å². The molecule has 0 spiro atoms. The molecule has 0 saturated heterocycles. The Morgan fingerprint density at radius 2 is 1.56 bits per heavy atom. The number of methoxy groups -OCH3 is 1. The zero-order valence-corrected chi connectivity index (χ0v) is 22.4. The highest BCUT2D eigenvalue weighted by Crippen LogP contribution is 2.34. The van der Waals surface area contributed by atoms with Gasteiger partial charge in [0.25, 0.3) is 0 Å². The number of rotatable bonds is 16. The Balaban J connectivity index is 1.62. The minimum Gasteiger partial charge on any atom is -0.381 e. The van der Waals surface area contributed by atoms with E-state index in [0.29, 0.717) is 29.9 Å². The van der Waals surface area contributed by atoms with Crippen LogP contribution in [0.1, 0.15) is 123 Å². The first-order valence-corrected chi connectivity index (χ1v) is 14.4. The fourth-order valence-corrected chi connectivity index (χ4v) is 5.53. The van der Waals surface area contributed by atoms with Crippen LogP contribution in [0.25, 0.3) is 0 Å². The highest BCUT2D eigenvalue weighted by molar-refractivity contribution is 5.78. The highest BCUT2D eigenvalue weighted by Gasteiger charge is 2.31. The quantitative estimate of drug-likeness (QED) is 0.128. The van der Waals surface area contributed by atoms with Crippen molar-refractivity contribution < 1.29 is 9.53 Å². The average Bonchev–Trinajstić information content (AvgIpc) is 2.86. The van der Waals surface area contributed by atoms with Crippen molar-refractivity contribution in [1.29, 1.82) is 0 Å². The van der Waals surface area contributed by atoms with Crippen molar-refractivity contribution in [2.45, 2.75) is 141 Å². The summed E-state index contributed by atoms with van der Waals surface area (Å²) < 4.78 is 5.70. The van der Waals surface area contributed by atoms with Crippen molar-refractivity contribution in [2.24, 2.45) is 22.1 Å². The number of unbranched alkanes of at least 4 members (excludes halogenated alkanes) is 6. The zero-order valence-electron chi connectivity index (χ0n) is 22.4. The lowest BCUT2D eigenvalue weighted by Gasteiger charge is -2.33. The number of carbonyl (C=O) groups is 1. The molecule has 2 aliphatic carbocycles. The van der Waals surface area contributed by atoms with Gasteiger partial charge in [-0.05, 0) is 89.9 Å². The third kappa shape index (κ3) is 11.9. The van der Waals surface area contributed by atoms with E-state index in [1.807, 2.05) is 7.11 Å². The molecule has 0 bridgehead atoms. The molecule has 4 heteroatoms. The van der Waals surface area contributed by atoms with Crippen LogP contribution in [0.4, 0.5) is 0 Å². The molecule has 194 valence electrons. The van der Waals surface area contributed by atoms with E-state index < -0.39 is 0 Å². The summed E-state index contributed by atoms with van der Waals surface area (Å²) in [5, 5.41) is 9.66. The second kappa shape index (κ2) is 18.0. The number of hydrogen-bond acceptors (Lipinski definition) is 4. The van der Waals surface area contributed by atoms with Crippen LogP contribution in [0.3, 0.4) is 0 Å². The van der Waals surface area contributed by atoms with Crippen LogP contribution in [0.5, 0.6) is 0 Å². The minimum atomic E-state index is 0.264. The standard InChI is InChI=1S/C30H52N2O2/c1-4-5-6-7-8-9-10-11-12-13-14-15-16-17-27-24-29(34-3)22-23-30(27)32-31-28-20-18-26(19-21-28)25(2)33/h6-7,9-10,26-30H,4-5,8,11-24H2,1-3H3/b7-6-,10-9-,32-31?. The predicted molar refractivity (Wildman–Crippen MR) is 143 cm³/mol. The molecule has 0 aliphatic heterocycles. The van der Waals surface area contributed by atoms with Crippen molar-refractivity contribution in [3.05, 3.63) is 24.3 Å². The number of carbonyl (C=O) groups excluding carboxylic acids is 1. The normalized spacial score (nSPS) is 28.4. The van der Waals surface area contributed by atoms with Gasteiger partial charge in [0, 0.05) is 13.0 Å². The molecule has 0 N–H and O–H groups in total. The lowest BCUT2D eigenvalue weighted by Crippen LogP contribution is -2.32. The summed E-state index contributed by atoms with van der Waals surface area (Å²) in [6.07, 6.45) is 29.6. The van der Waals surface area contributed by atoms with Crippen LogP contribution in [-0.4, -0.2) is 31.1 Å². The van der Waals surface area contributed by atoms with E-state index in [1.165, 1.54) is 57.8 Å². The molecule has 0 aromatic carbocycles. The highest BCUT2D eigenvalue weighted by atomic mass is 16.5. The fourth-order valence-electron chi connectivity index (χ4n) is 5.53. The Hall–Kier alpha value is -1.29. The predicted octanol–water partition coefficient (Wildman–Crippen LogP) is 8.80. The molecule has 2 rings (SSSR count). The van der Waals surface area contributed by atoms with Gasteiger partial charge in [-0.15, -0.1) is 0 Å². The molecule has 2 saturated carbocycles. The van der Waals surface area contributed by atoms with Gasteiger partial charge in [0.05, 0.1) is 18.2 Å². The number of ketones is 1. The molecule has 3 unspecified atom stereocenters. The molecule has 0 heterocycles. The third-order valence-corrected chi connectivity index (χ3v) is 7.88. The second-order valence-electron chi connectivity index (χ2n) is 10.7. The van der Waals surface area contributed by atoms with Crippen LogP contribution in [0.15, 0.2) is 34.5 Å². The molecule has 0 aromatic rings. The molecule has 2 fully saturated rings. The van der Waals surface area contributed by atoms with E-state index in [2.05, 4.69) is 31.2 Å². The van der Waals surface area contributed by atoms with E-state index >= 15 is 0 Å². The first-order valence-electron chi connectivity index (χ1n) is 14.4. The number of ether oxygens (including phenoxy) is 1. The first-order chi connectivity index (χ1) is 16.6. The van der Waals surface area contributed by atoms with Gasteiger partial charge in [-0.3, -0.25) is 4.79 Å². The average molecular weight is 473 g/mol. The summed E-state index contributed by atoms with van der Waals surface area (Å²) in [4.78, 5) is 11.6. The number of azo groups is 1. The van der Waals surface area contributed by atoms with E-state index in [1.54, 1.807) is 6.92 Å². The molecule has 34 heavy (non-hydrogen) atoms. The maximum atomic E-state index is 11.6. The smallest absolute Gasteiger partial charge is 0.132 e. The maximum absolute atomic E-state index is 11.6. The van der Waals surface area contributed by atoms with Crippen LogP contribution >= 0.6 is 0 Å². The fraction of sp³-hybridized carbons (Fsp3) is 0.833. The minimum absolute atomic E-state index is 0.264. The monoisotopic (exact) mass is 472 g/mol. The number of hydrogen-bond donors (Lipinski definition) is 0. The van der Waals surface area contributed by atoms with Gasteiger partial charge < -0.3 is 4.74 Å².